The molecule has 2 aromatic carbocycles. The van der Waals surface area contributed by atoms with Crippen LogP contribution in [0.25, 0.3) is 4.48 Å². The van der Waals surface area contributed by atoms with Crippen molar-refractivity contribution in [2.24, 2.45) is 0 Å². The highest BCUT2D eigenvalue weighted by Crippen LogP contribution is 2.39. The molecular weight excluding hydrogens is 409 g/mol. The van der Waals surface area contributed by atoms with E-state index >= 15 is 0 Å². The number of rotatable bonds is 3. The first-order valence-electron chi connectivity index (χ1n) is 7.60. The number of halogens is 3. The molecule has 3 nitrogen and oxygen atoms in total. The first-order chi connectivity index (χ1) is 11.9. The van der Waals surface area contributed by atoms with Crippen molar-refractivity contribution < 1.29 is 14.0 Å². The molecule has 0 saturated carbocycles. The minimum Gasteiger partial charge on any atom is -0.307 e. The molecule has 0 bridgehead atoms. The molecule has 0 spiro atoms. The van der Waals surface area contributed by atoms with Gasteiger partial charge in [0.05, 0.1) is 18.7 Å². The Morgan fingerprint density at radius 3 is 2.72 bits per heavy atom. The van der Waals surface area contributed by atoms with E-state index in [-0.39, 0.29) is 24.7 Å². The molecule has 0 aliphatic carbocycles. The molecule has 2 aromatic rings. The summed E-state index contributed by atoms with van der Waals surface area (Å²) in [5, 5.41) is 0.474. The predicted octanol–water partition coefficient (Wildman–Crippen LogP) is 5.03. The molecule has 128 valence electrons. The molecule has 0 radical (unpaired) electrons. The normalized spacial score (nSPS) is 14.4. The van der Waals surface area contributed by atoms with E-state index in [1.54, 1.807) is 37.3 Å². The first-order valence-corrected chi connectivity index (χ1v) is 8.77. The maximum atomic E-state index is 13.9. The van der Waals surface area contributed by atoms with Gasteiger partial charge in [-0.2, -0.15) is 0 Å². The number of benzene rings is 2. The Kier molecular flexibility index (Phi) is 5.06. The lowest BCUT2D eigenvalue weighted by atomic mass is 10.1. The molecule has 25 heavy (non-hydrogen) atoms. The molecule has 1 heterocycles. The second kappa shape index (κ2) is 7.10. The van der Waals surface area contributed by atoms with Gasteiger partial charge in [-0.3, -0.25) is 9.59 Å². The van der Waals surface area contributed by atoms with Crippen molar-refractivity contribution in [3.8, 4) is 0 Å². The number of carbonyl (C=O) groups excluding carboxylic acids is 2. The lowest BCUT2D eigenvalue weighted by Gasteiger charge is -2.24. The predicted molar refractivity (Wildman–Crippen MR) is 100 cm³/mol. The van der Waals surface area contributed by atoms with Gasteiger partial charge in [0.1, 0.15) is 12.1 Å². The summed E-state index contributed by atoms with van der Waals surface area (Å²) in [6.45, 7) is 1.87. The minimum absolute atomic E-state index is 0.0370. The Morgan fingerprint density at radius 1 is 1.28 bits per heavy atom. The fourth-order valence-electron chi connectivity index (χ4n) is 2.74. The zero-order valence-electron chi connectivity index (χ0n) is 13.4. The van der Waals surface area contributed by atoms with Gasteiger partial charge in [-0.25, -0.2) is 4.39 Å². The van der Waals surface area contributed by atoms with Crippen molar-refractivity contribution >= 4 is 49.9 Å². The average molecular weight is 423 g/mol. The Morgan fingerprint density at radius 2 is 2.04 bits per heavy atom. The third kappa shape index (κ3) is 3.53. The van der Waals surface area contributed by atoms with Crippen LogP contribution in [0.1, 0.15) is 23.1 Å². The summed E-state index contributed by atoms with van der Waals surface area (Å²) < 4.78 is 14.4. The zero-order valence-corrected chi connectivity index (χ0v) is 15.7. The van der Waals surface area contributed by atoms with Gasteiger partial charge in [-0.15, -0.1) is 0 Å². The Labute approximate surface area is 158 Å². The largest absolute Gasteiger partial charge is 0.307 e. The van der Waals surface area contributed by atoms with Crippen LogP contribution in [0.15, 0.2) is 42.0 Å². The molecule has 0 atom stereocenters. The van der Waals surface area contributed by atoms with Gasteiger partial charge in [0.15, 0.2) is 0 Å². The second-order valence-electron chi connectivity index (χ2n) is 5.86. The van der Waals surface area contributed by atoms with Crippen molar-refractivity contribution in [2.75, 3.05) is 4.90 Å². The summed E-state index contributed by atoms with van der Waals surface area (Å²) in [5.74, 6) is -0.569. The molecule has 0 aromatic heterocycles. The summed E-state index contributed by atoms with van der Waals surface area (Å²) in [6.07, 6.45) is 0.639. The maximum absolute atomic E-state index is 13.9. The summed E-state index contributed by atoms with van der Waals surface area (Å²) in [7, 11) is 0. The molecule has 1 aliphatic heterocycles. The van der Waals surface area contributed by atoms with E-state index in [1.807, 2.05) is 0 Å². The van der Waals surface area contributed by atoms with Crippen LogP contribution in [0.2, 0.25) is 5.02 Å². The second-order valence-corrected chi connectivity index (χ2v) is 7.09. The molecule has 0 fully saturated rings. The summed E-state index contributed by atoms with van der Waals surface area (Å²) in [6, 6.07) is 10.0. The number of carbonyl (C=O) groups is 2. The van der Waals surface area contributed by atoms with E-state index in [9.17, 15) is 14.0 Å². The van der Waals surface area contributed by atoms with E-state index in [0.29, 0.717) is 43.7 Å². The van der Waals surface area contributed by atoms with E-state index in [0.717, 1.165) is 0 Å². The zero-order chi connectivity index (χ0) is 18.1. The number of anilines is 1. The quantitative estimate of drug-likeness (QED) is 0.651. The molecule has 1 amide bonds. The Hall–Kier alpha value is -1.98. The highest BCUT2D eigenvalue weighted by molar-refractivity contribution is 9.15. The van der Waals surface area contributed by atoms with E-state index in [1.165, 1.54) is 11.0 Å². The van der Waals surface area contributed by atoms with Crippen LogP contribution in [0.5, 0.6) is 0 Å². The van der Waals surface area contributed by atoms with Crippen LogP contribution in [0.4, 0.5) is 10.1 Å². The van der Waals surface area contributed by atoms with Crippen molar-refractivity contribution in [2.45, 2.75) is 19.9 Å². The molecule has 6 heteroatoms. The smallest absolute Gasteiger partial charge is 0.231 e. The van der Waals surface area contributed by atoms with Crippen LogP contribution in [-0.4, -0.2) is 12.2 Å². The Bertz CT molecular complexity index is 910. The topological polar surface area (TPSA) is 37.4 Å². The van der Waals surface area contributed by atoms with Gasteiger partial charge < -0.3 is 4.90 Å². The van der Waals surface area contributed by atoms with Gasteiger partial charge in [0.2, 0.25) is 5.91 Å². The van der Waals surface area contributed by atoms with Crippen LogP contribution >= 0.6 is 27.5 Å². The Balaban J connectivity index is 2.09. The lowest BCUT2D eigenvalue weighted by Crippen LogP contribution is -2.30. The SMILES string of the molecule is Cc1ccc(CN2C(=O)CC(C=O)=C(Br)c3ccc(Cl)cc32)cc1F. The van der Waals surface area contributed by atoms with Crippen molar-refractivity contribution in [3.05, 3.63) is 69.5 Å². The number of fused-ring (bicyclic) bond motifs is 1. The molecule has 1 aliphatic rings. The number of hydrogen-bond acceptors (Lipinski definition) is 2. The summed E-state index contributed by atoms with van der Waals surface area (Å²) >= 11 is 9.53. The van der Waals surface area contributed by atoms with Crippen LogP contribution in [-0.2, 0) is 16.1 Å². The number of aldehydes is 1. The number of amides is 1. The first kappa shape index (κ1) is 17.8. The average Bonchev–Trinajstić information content (AvgIpc) is 2.68. The van der Waals surface area contributed by atoms with E-state index < -0.39 is 0 Å². The molecule has 0 unspecified atom stereocenters. The van der Waals surface area contributed by atoms with Crippen molar-refractivity contribution in [1.82, 2.24) is 0 Å². The molecule has 0 N–H and O–H groups in total. The lowest BCUT2D eigenvalue weighted by molar-refractivity contribution is -0.118. The molecular formula is C19H14BrClFNO2. The summed E-state index contributed by atoms with van der Waals surface area (Å²) in [4.78, 5) is 25.6. The van der Waals surface area contributed by atoms with Crippen molar-refractivity contribution in [1.29, 1.82) is 0 Å². The van der Waals surface area contributed by atoms with Gasteiger partial charge in [-0.1, -0.05) is 29.8 Å². The summed E-state index contributed by atoms with van der Waals surface area (Å²) in [5.41, 5.74) is 2.85. The van der Waals surface area contributed by atoms with Crippen molar-refractivity contribution in [3.63, 3.8) is 0 Å². The van der Waals surface area contributed by atoms with Gasteiger partial charge in [0.25, 0.3) is 0 Å². The highest BCUT2D eigenvalue weighted by atomic mass is 79.9. The standard InChI is InChI=1S/C19H14BrClFNO2/c1-11-2-3-12(6-16(11)22)9-23-17-8-14(21)4-5-15(17)19(20)13(10-24)7-18(23)25/h2-6,8,10H,7,9H2,1H3. The third-order valence-corrected chi connectivity index (χ3v) is 5.30. The number of hydrogen-bond donors (Lipinski definition) is 0. The van der Waals surface area contributed by atoms with E-state index in [2.05, 4.69) is 15.9 Å². The fourth-order valence-corrected chi connectivity index (χ4v) is 3.48. The minimum atomic E-state index is -0.320. The number of aryl methyl sites for hydroxylation is 1. The van der Waals surface area contributed by atoms with Gasteiger partial charge >= 0.3 is 0 Å². The van der Waals surface area contributed by atoms with Gasteiger partial charge in [-0.05, 0) is 52.2 Å². The highest BCUT2D eigenvalue weighted by Gasteiger charge is 2.27. The third-order valence-electron chi connectivity index (χ3n) is 4.13. The molecule has 3 rings (SSSR count). The number of nitrogens with zero attached hydrogens (tertiary/aromatic N) is 1. The van der Waals surface area contributed by atoms with Crippen LogP contribution in [0, 0.1) is 12.7 Å². The molecule has 0 saturated heterocycles. The van der Waals surface area contributed by atoms with Crippen LogP contribution in [0.3, 0.4) is 0 Å². The van der Waals surface area contributed by atoms with Gasteiger partial charge in [0, 0.05) is 20.6 Å². The monoisotopic (exact) mass is 421 g/mol. The van der Waals surface area contributed by atoms with Crippen LogP contribution < -0.4 is 4.90 Å². The fraction of sp³-hybridized carbons (Fsp3) is 0.158. The maximum Gasteiger partial charge on any atom is 0.231 e. The van der Waals surface area contributed by atoms with E-state index in [4.69, 9.17) is 11.6 Å².